The van der Waals surface area contributed by atoms with Crippen molar-refractivity contribution >= 4 is 34.4 Å². The molecule has 98 valence electrons. The first-order valence-corrected chi connectivity index (χ1v) is 6.66. The Hall–Kier alpha value is -2.07. The smallest absolute Gasteiger partial charge is 0.170 e. The third kappa shape index (κ3) is 4.26. The van der Waals surface area contributed by atoms with E-state index in [1.807, 2.05) is 61.5 Å². The highest BCUT2D eigenvalue weighted by molar-refractivity contribution is 7.80. The summed E-state index contributed by atoms with van der Waals surface area (Å²) in [4.78, 5) is 0. The highest BCUT2D eigenvalue weighted by Crippen LogP contribution is 2.19. The second kappa shape index (κ2) is 6.75. The van der Waals surface area contributed by atoms with Crippen LogP contribution in [0.4, 0.5) is 17.1 Å². The van der Waals surface area contributed by atoms with Crippen molar-refractivity contribution in [3.8, 4) is 0 Å². The summed E-state index contributed by atoms with van der Waals surface area (Å²) in [6.45, 7) is 2.83. The molecule has 2 aromatic rings. The average molecular weight is 271 g/mol. The molecule has 2 rings (SSSR count). The minimum atomic E-state index is 0.638. The van der Waals surface area contributed by atoms with Gasteiger partial charge in [0.25, 0.3) is 0 Å². The van der Waals surface area contributed by atoms with Gasteiger partial charge in [0.2, 0.25) is 0 Å². The molecule has 0 heterocycles. The molecule has 3 nitrogen and oxygen atoms in total. The van der Waals surface area contributed by atoms with Crippen molar-refractivity contribution in [3.63, 3.8) is 0 Å². The standard InChI is InChI=1S/C15H17N3S/c1-2-16-15(19)18-14-10-6-9-13(11-14)17-12-7-4-3-5-8-12/h3-11,17H,2H2,1H3,(H2,16,18,19). The SMILES string of the molecule is CCNC(=S)Nc1cccc(Nc2ccccc2)c1. The quantitative estimate of drug-likeness (QED) is 0.740. The molecule has 0 radical (unpaired) electrons. The first-order valence-electron chi connectivity index (χ1n) is 6.25. The second-order valence-electron chi connectivity index (χ2n) is 4.06. The zero-order valence-electron chi connectivity index (χ0n) is 10.8. The van der Waals surface area contributed by atoms with E-state index in [9.17, 15) is 0 Å². The zero-order chi connectivity index (χ0) is 13.5. The normalized spacial score (nSPS) is 9.74. The predicted octanol–water partition coefficient (Wildman–Crippen LogP) is 3.74. The highest BCUT2D eigenvalue weighted by Gasteiger charge is 1.98. The lowest BCUT2D eigenvalue weighted by Crippen LogP contribution is -2.27. The molecule has 4 heteroatoms. The Morgan fingerprint density at radius 1 is 0.947 bits per heavy atom. The van der Waals surface area contributed by atoms with Crippen LogP contribution >= 0.6 is 12.2 Å². The van der Waals surface area contributed by atoms with Gasteiger partial charge in [-0.3, -0.25) is 0 Å². The van der Waals surface area contributed by atoms with E-state index in [1.165, 1.54) is 0 Å². The number of thiocarbonyl (C=S) groups is 1. The molecule has 0 amide bonds. The second-order valence-corrected chi connectivity index (χ2v) is 4.46. The lowest BCUT2D eigenvalue weighted by molar-refractivity contribution is 0.979. The molecule has 0 unspecified atom stereocenters. The maximum Gasteiger partial charge on any atom is 0.170 e. The van der Waals surface area contributed by atoms with E-state index < -0.39 is 0 Å². The molecule has 0 aromatic heterocycles. The van der Waals surface area contributed by atoms with Gasteiger partial charge in [-0.05, 0) is 49.5 Å². The summed E-state index contributed by atoms with van der Waals surface area (Å²) in [6.07, 6.45) is 0. The van der Waals surface area contributed by atoms with E-state index in [0.717, 1.165) is 23.6 Å². The number of hydrogen-bond acceptors (Lipinski definition) is 2. The first kappa shape index (κ1) is 13.4. The fraction of sp³-hybridized carbons (Fsp3) is 0.133. The number of benzene rings is 2. The van der Waals surface area contributed by atoms with Crippen molar-refractivity contribution in [3.05, 3.63) is 54.6 Å². The van der Waals surface area contributed by atoms with Gasteiger partial charge in [-0.15, -0.1) is 0 Å². The Balaban J connectivity index is 2.05. The van der Waals surface area contributed by atoms with Gasteiger partial charge in [0.15, 0.2) is 5.11 Å². The van der Waals surface area contributed by atoms with E-state index in [0.29, 0.717) is 5.11 Å². The minimum absolute atomic E-state index is 0.638. The van der Waals surface area contributed by atoms with Gasteiger partial charge in [0.05, 0.1) is 0 Å². The summed E-state index contributed by atoms with van der Waals surface area (Å²) in [5.74, 6) is 0. The topological polar surface area (TPSA) is 36.1 Å². The van der Waals surface area contributed by atoms with E-state index in [1.54, 1.807) is 0 Å². The number of hydrogen-bond donors (Lipinski definition) is 3. The van der Waals surface area contributed by atoms with Crippen molar-refractivity contribution in [2.45, 2.75) is 6.92 Å². The summed E-state index contributed by atoms with van der Waals surface area (Å²) >= 11 is 5.17. The van der Waals surface area contributed by atoms with Crippen molar-refractivity contribution in [1.82, 2.24) is 5.32 Å². The highest BCUT2D eigenvalue weighted by atomic mass is 32.1. The molecular formula is C15H17N3S. The number of rotatable bonds is 4. The van der Waals surface area contributed by atoms with Crippen LogP contribution < -0.4 is 16.0 Å². The Labute approximate surface area is 119 Å². The van der Waals surface area contributed by atoms with E-state index in [2.05, 4.69) is 16.0 Å². The fourth-order valence-corrected chi connectivity index (χ4v) is 1.96. The third-order valence-electron chi connectivity index (χ3n) is 2.52. The van der Waals surface area contributed by atoms with Gasteiger partial charge in [-0.2, -0.15) is 0 Å². The maximum atomic E-state index is 5.17. The lowest BCUT2D eigenvalue weighted by atomic mass is 10.2. The van der Waals surface area contributed by atoms with Crippen LogP contribution in [0.2, 0.25) is 0 Å². The van der Waals surface area contributed by atoms with E-state index in [4.69, 9.17) is 12.2 Å². The lowest BCUT2D eigenvalue weighted by Gasteiger charge is -2.11. The molecule has 0 atom stereocenters. The van der Waals surface area contributed by atoms with Crippen LogP contribution in [-0.4, -0.2) is 11.7 Å². The molecule has 0 aliphatic heterocycles. The Kier molecular flexibility index (Phi) is 4.75. The van der Waals surface area contributed by atoms with Crippen molar-refractivity contribution in [2.75, 3.05) is 17.2 Å². The van der Waals surface area contributed by atoms with E-state index >= 15 is 0 Å². The van der Waals surface area contributed by atoms with Crippen LogP contribution in [0.15, 0.2) is 54.6 Å². The Morgan fingerprint density at radius 2 is 1.63 bits per heavy atom. The van der Waals surface area contributed by atoms with Crippen LogP contribution in [0.5, 0.6) is 0 Å². The Morgan fingerprint density at radius 3 is 2.37 bits per heavy atom. The fourth-order valence-electron chi connectivity index (χ4n) is 1.70. The number of nitrogens with one attached hydrogen (secondary N) is 3. The molecule has 0 aliphatic rings. The molecule has 0 saturated heterocycles. The Bertz CT molecular complexity index is 540. The minimum Gasteiger partial charge on any atom is -0.363 e. The molecule has 0 fully saturated rings. The molecule has 0 spiro atoms. The molecule has 3 N–H and O–H groups in total. The molecule has 0 aliphatic carbocycles. The van der Waals surface area contributed by atoms with Crippen LogP contribution in [-0.2, 0) is 0 Å². The van der Waals surface area contributed by atoms with Crippen molar-refractivity contribution in [2.24, 2.45) is 0 Å². The summed E-state index contributed by atoms with van der Waals surface area (Å²) in [6, 6.07) is 18.1. The van der Waals surface area contributed by atoms with Crippen LogP contribution in [0.25, 0.3) is 0 Å². The number of para-hydroxylation sites is 1. The largest absolute Gasteiger partial charge is 0.363 e. The van der Waals surface area contributed by atoms with Crippen LogP contribution in [0, 0.1) is 0 Å². The van der Waals surface area contributed by atoms with Crippen LogP contribution in [0.1, 0.15) is 6.92 Å². The van der Waals surface area contributed by atoms with Gasteiger partial charge in [0, 0.05) is 23.6 Å². The van der Waals surface area contributed by atoms with Gasteiger partial charge in [-0.1, -0.05) is 24.3 Å². The molecule has 0 saturated carbocycles. The molecule has 0 bridgehead atoms. The first-order chi connectivity index (χ1) is 9.28. The average Bonchev–Trinajstić information content (AvgIpc) is 2.40. The monoisotopic (exact) mass is 271 g/mol. The van der Waals surface area contributed by atoms with Crippen molar-refractivity contribution < 1.29 is 0 Å². The summed E-state index contributed by atoms with van der Waals surface area (Å²) in [5.41, 5.74) is 3.05. The summed E-state index contributed by atoms with van der Waals surface area (Å²) < 4.78 is 0. The van der Waals surface area contributed by atoms with Gasteiger partial charge < -0.3 is 16.0 Å². The molecule has 19 heavy (non-hydrogen) atoms. The number of anilines is 3. The van der Waals surface area contributed by atoms with Crippen molar-refractivity contribution in [1.29, 1.82) is 0 Å². The molecular weight excluding hydrogens is 254 g/mol. The maximum absolute atomic E-state index is 5.17. The summed E-state index contributed by atoms with van der Waals surface area (Å²) in [5, 5.41) is 10.2. The summed E-state index contributed by atoms with van der Waals surface area (Å²) in [7, 11) is 0. The third-order valence-corrected chi connectivity index (χ3v) is 2.77. The van der Waals surface area contributed by atoms with Gasteiger partial charge >= 0.3 is 0 Å². The van der Waals surface area contributed by atoms with E-state index in [-0.39, 0.29) is 0 Å². The van der Waals surface area contributed by atoms with Gasteiger partial charge in [0.1, 0.15) is 0 Å². The van der Waals surface area contributed by atoms with Crippen LogP contribution in [0.3, 0.4) is 0 Å². The predicted molar refractivity (Wildman–Crippen MR) is 86.1 cm³/mol. The molecule has 2 aromatic carbocycles. The zero-order valence-corrected chi connectivity index (χ0v) is 11.6. The van der Waals surface area contributed by atoms with Gasteiger partial charge in [-0.25, -0.2) is 0 Å².